The van der Waals surface area contributed by atoms with Crippen molar-refractivity contribution in [2.75, 3.05) is 26.2 Å². The van der Waals surface area contributed by atoms with Crippen LogP contribution in [0.3, 0.4) is 0 Å². The molecule has 4 aromatic rings. The minimum Gasteiger partial charge on any atom is -0.508 e. The molecule has 3 heterocycles. The molecule has 3 aliphatic heterocycles. The van der Waals surface area contributed by atoms with Crippen LogP contribution in [0.25, 0.3) is 0 Å². The third-order valence-corrected chi connectivity index (χ3v) is 11.9. The highest BCUT2D eigenvalue weighted by Gasteiger charge is 2.44. The summed E-state index contributed by atoms with van der Waals surface area (Å²) in [5.74, 6) is 1.30. The fraction of sp³-hybridized carbons (Fsp3) is 0.356. The van der Waals surface area contributed by atoms with E-state index in [1.807, 2.05) is 24.3 Å². The van der Waals surface area contributed by atoms with Crippen LogP contribution in [0.2, 0.25) is 0 Å². The number of aromatic hydroxyl groups is 1. The van der Waals surface area contributed by atoms with Gasteiger partial charge in [-0.25, -0.2) is 0 Å². The van der Waals surface area contributed by atoms with Crippen molar-refractivity contribution in [3.05, 3.63) is 142 Å². The molecule has 53 heavy (non-hydrogen) atoms. The van der Waals surface area contributed by atoms with Crippen molar-refractivity contribution < 1.29 is 24.2 Å². The zero-order valence-electron chi connectivity index (χ0n) is 30.1. The maximum atomic E-state index is 13.3. The van der Waals surface area contributed by atoms with Gasteiger partial charge in [-0.15, -0.1) is 0 Å². The zero-order chi connectivity index (χ0) is 36.5. The quantitative estimate of drug-likeness (QED) is 0.167. The number of nitrogens with one attached hydrogen (secondary N) is 1. The fourth-order valence-electron chi connectivity index (χ4n) is 8.96. The van der Waals surface area contributed by atoms with E-state index in [0.29, 0.717) is 53.9 Å². The Bertz CT molecular complexity index is 2020. The molecule has 1 unspecified atom stereocenters. The molecule has 0 aromatic heterocycles. The molecule has 4 aromatic carbocycles. The minimum atomic E-state index is -0.789. The predicted molar refractivity (Wildman–Crippen MR) is 204 cm³/mol. The molecule has 0 radical (unpaired) electrons. The number of allylic oxidation sites excluding steroid dienone is 1. The number of carbonyl (C=O) groups is 3. The van der Waals surface area contributed by atoms with Gasteiger partial charge in [0, 0.05) is 18.2 Å². The van der Waals surface area contributed by atoms with E-state index in [1.54, 1.807) is 6.07 Å². The number of imide groups is 1. The van der Waals surface area contributed by atoms with Crippen molar-refractivity contribution in [1.82, 2.24) is 15.1 Å². The molecule has 0 spiro atoms. The molecule has 0 bridgehead atoms. The topological polar surface area (TPSA) is 99.2 Å². The second-order valence-electron chi connectivity index (χ2n) is 15.2. The Morgan fingerprint density at radius 2 is 1.57 bits per heavy atom. The molecule has 272 valence electrons. The third kappa shape index (κ3) is 7.25. The number of likely N-dealkylation sites (tertiary alicyclic amines) is 1. The normalized spacial score (nSPS) is 22.0. The standard InChI is InChI=1S/C45H47N3O5/c1-29-7-20-41(43(50)46-29)48-44(51)39-17-10-31(27-40(39)45(48)52)9-8-30-21-23-47(24-22-30)25-26-53-36-15-11-33(12-16-36)42-37(32-5-3-2-4-6-32)18-13-34-28-35(49)14-19-38(34)42/h2-6,10-12,14-17,19,27-28,30,37,41-42,49H,1,7-9,13,18,20-26H2,(H,46,50)/t37-,41?,42+/m1/s1. The Labute approximate surface area is 311 Å². The van der Waals surface area contributed by atoms with Crippen LogP contribution in [0.15, 0.2) is 103 Å². The molecular formula is C45H47N3O5. The number of phenols is 1. The van der Waals surface area contributed by atoms with Crippen molar-refractivity contribution in [1.29, 1.82) is 0 Å². The van der Waals surface area contributed by atoms with Gasteiger partial charge in [-0.1, -0.05) is 61.2 Å². The summed E-state index contributed by atoms with van der Waals surface area (Å²) in [7, 11) is 0. The van der Waals surface area contributed by atoms with Gasteiger partial charge in [0.25, 0.3) is 11.8 Å². The zero-order valence-corrected chi connectivity index (χ0v) is 30.1. The molecule has 4 aliphatic rings. The van der Waals surface area contributed by atoms with Gasteiger partial charge in [-0.3, -0.25) is 24.2 Å². The van der Waals surface area contributed by atoms with Crippen molar-refractivity contribution in [3.63, 3.8) is 0 Å². The SMILES string of the molecule is C=C1CCC(N2C(=O)c3ccc(CCC4CCN(CCOc5ccc([C@@H]6c7ccc(O)cc7CC[C@@H]6c6ccccc6)cc5)CC4)cc3C2=O)C(=O)N1. The van der Waals surface area contributed by atoms with Crippen molar-refractivity contribution in [3.8, 4) is 11.5 Å². The number of phenolic OH excluding ortho intramolecular Hbond substituents is 1. The molecule has 0 saturated carbocycles. The fourth-order valence-corrected chi connectivity index (χ4v) is 8.96. The summed E-state index contributed by atoms with van der Waals surface area (Å²) < 4.78 is 6.23. The summed E-state index contributed by atoms with van der Waals surface area (Å²) >= 11 is 0. The Morgan fingerprint density at radius 3 is 2.34 bits per heavy atom. The molecule has 2 saturated heterocycles. The summed E-state index contributed by atoms with van der Waals surface area (Å²) in [6.45, 7) is 7.39. The van der Waals surface area contributed by atoms with Gasteiger partial charge in [0.05, 0.1) is 11.1 Å². The maximum Gasteiger partial charge on any atom is 0.262 e. The van der Waals surface area contributed by atoms with Crippen LogP contribution < -0.4 is 10.1 Å². The molecular weight excluding hydrogens is 663 g/mol. The number of piperidine rings is 2. The van der Waals surface area contributed by atoms with Crippen LogP contribution in [0.4, 0.5) is 0 Å². The van der Waals surface area contributed by atoms with Gasteiger partial charge in [0.1, 0.15) is 24.1 Å². The number of nitrogens with zero attached hydrogens (tertiary/aromatic N) is 2. The van der Waals surface area contributed by atoms with Gasteiger partial charge in [0.15, 0.2) is 0 Å². The first kappa shape index (κ1) is 34.9. The Balaban J connectivity index is 0.810. The van der Waals surface area contributed by atoms with E-state index in [4.69, 9.17) is 4.74 Å². The number of benzene rings is 4. The molecule has 8 nitrogen and oxygen atoms in total. The molecule has 3 atom stereocenters. The summed E-state index contributed by atoms with van der Waals surface area (Å²) in [5, 5.41) is 12.9. The van der Waals surface area contributed by atoms with Gasteiger partial charge >= 0.3 is 0 Å². The molecule has 2 N–H and O–H groups in total. The first-order valence-corrected chi connectivity index (χ1v) is 19.1. The smallest absolute Gasteiger partial charge is 0.262 e. The lowest BCUT2D eigenvalue weighted by atomic mass is 9.69. The Morgan fingerprint density at radius 1 is 0.792 bits per heavy atom. The number of ether oxygens (including phenoxy) is 1. The first-order valence-electron chi connectivity index (χ1n) is 19.1. The van der Waals surface area contributed by atoms with Crippen molar-refractivity contribution in [2.24, 2.45) is 5.92 Å². The van der Waals surface area contributed by atoms with Gasteiger partial charge in [0.2, 0.25) is 5.91 Å². The van der Waals surface area contributed by atoms with Gasteiger partial charge < -0.3 is 15.2 Å². The minimum absolute atomic E-state index is 0.217. The van der Waals surface area contributed by atoms with E-state index in [0.717, 1.165) is 74.4 Å². The monoisotopic (exact) mass is 709 g/mol. The second-order valence-corrected chi connectivity index (χ2v) is 15.2. The van der Waals surface area contributed by atoms with Crippen LogP contribution in [0.1, 0.15) is 98.9 Å². The molecule has 3 amide bonds. The van der Waals surface area contributed by atoms with Crippen LogP contribution >= 0.6 is 0 Å². The highest BCUT2D eigenvalue weighted by atomic mass is 16.5. The average Bonchev–Trinajstić information content (AvgIpc) is 3.42. The number of aryl methyl sites for hydroxylation is 2. The summed E-state index contributed by atoms with van der Waals surface area (Å²) in [4.78, 5) is 42.5. The largest absolute Gasteiger partial charge is 0.508 e. The number of hydrogen-bond donors (Lipinski definition) is 2. The van der Waals surface area contributed by atoms with Crippen LogP contribution in [0.5, 0.6) is 11.5 Å². The number of hydrogen-bond acceptors (Lipinski definition) is 6. The average molecular weight is 710 g/mol. The van der Waals surface area contributed by atoms with Crippen molar-refractivity contribution >= 4 is 17.7 Å². The molecule has 1 aliphatic carbocycles. The second kappa shape index (κ2) is 15.0. The lowest BCUT2D eigenvalue weighted by molar-refractivity contribution is -0.125. The van der Waals surface area contributed by atoms with Crippen LogP contribution in [-0.4, -0.2) is 64.9 Å². The van der Waals surface area contributed by atoms with E-state index < -0.39 is 6.04 Å². The number of amides is 3. The maximum absolute atomic E-state index is 13.3. The van der Waals surface area contributed by atoms with Gasteiger partial charge in [-0.05, 0) is 141 Å². The lowest BCUT2D eigenvalue weighted by Crippen LogP contribution is -2.51. The number of fused-ring (bicyclic) bond motifs is 2. The first-order chi connectivity index (χ1) is 25.8. The van der Waals surface area contributed by atoms with Gasteiger partial charge in [-0.2, -0.15) is 0 Å². The predicted octanol–water partition coefficient (Wildman–Crippen LogP) is 7.37. The lowest BCUT2D eigenvalue weighted by Gasteiger charge is -2.35. The third-order valence-electron chi connectivity index (χ3n) is 11.9. The van der Waals surface area contributed by atoms with E-state index in [9.17, 15) is 19.5 Å². The highest BCUT2D eigenvalue weighted by molar-refractivity contribution is 6.23. The number of carbonyl (C=O) groups excluding carboxylic acids is 3. The Kier molecular flexibility index (Phi) is 9.88. The van der Waals surface area contributed by atoms with Crippen LogP contribution in [0, 0.1) is 5.92 Å². The van der Waals surface area contributed by atoms with E-state index >= 15 is 0 Å². The Hall–Kier alpha value is -5.21. The van der Waals surface area contributed by atoms with E-state index in [2.05, 4.69) is 77.5 Å². The molecule has 2 fully saturated rings. The van der Waals surface area contributed by atoms with Crippen LogP contribution in [-0.2, 0) is 17.6 Å². The van der Waals surface area contributed by atoms with E-state index in [1.165, 1.54) is 22.3 Å². The summed E-state index contributed by atoms with van der Waals surface area (Å²) in [5.41, 5.74) is 7.61. The van der Waals surface area contributed by atoms with E-state index in [-0.39, 0.29) is 23.6 Å². The molecule has 8 rings (SSSR count). The summed E-state index contributed by atoms with van der Waals surface area (Å²) in [6, 6.07) is 30.0. The van der Waals surface area contributed by atoms with Crippen molar-refractivity contribution in [2.45, 2.75) is 69.2 Å². The molecule has 8 heteroatoms. The summed E-state index contributed by atoms with van der Waals surface area (Å²) in [6.07, 6.45) is 7.08. The highest BCUT2D eigenvalue weighted by Crippen LogP contribution is 2.47. The number of rotatable bonds is 10.